The molecule has 4 heteroatoms. The number of sulfone groups is 1. The second kappa shape index (κ2) is 6.19. The van der Waals surface area contributed by atoms with Crippen molar-refractivity contribution in [2.45, 2.75) is 36.8 Å². The molecule has 0 bridgehead atoms. The van der Waals surface area contributed by atoms with Crippen molar-refractivity contribution in [2.75, 3.05) is 0 Å². The fraction of sp³-hybridized carbons (Fsp3) is 0.238. The first-order valence-electron chi connectivity index (χ1n) is 8.21. The fourth-order valence-corrected chi connectivity index (χ4v) is 4.30. The summed E-state index contributed by atoms with van der Waals surface area (Å²) in [5.41, 5.74) is 1.77. The van der Waals surface area contributed by atoms with E-state index >= 15 is 0 Å². The second-order valence-corrected chi connectivity index (χ2v) is 9.31. The third-order valence-corrected chi connectivity index (χ3v) is 6.10. The summed E-state index contributed by atoms with van der Waals surface area (Å²) in [6.45, 7) is 6.29. The maximum atomic E-state index is 12.8. The van der Waals surface area contributed by atoms with Crippen LogP contribution < -0.4 is 0 Å². The Morgan fingerprint density at radius 1 is 0.840 bits per heavy atom. The van der Waals surface area contributed by atoms with Gasteiger partial charge in [-0.15, -0.1) is 0 Å². The van der Waals surface area contributed by atoms with Crippen LogP contribution in [0.2, 0.25) is 0 Å². The largest absolute Gasteiger partial charge is 0.507 e. The summed E-state index contributed by atoms with van der Waals surface area (Å²) in [7, 11) is -3.46. The molecule has 0 aliphatic heterocycles. The van der Waals surface area contributed by atoms with Gasteiger partial charge in [-0.1, -0.05) is 63.2 Å². The molecule has 0 aromatic heterocycles. The zero-order valence-corrected chi connectivity index (χ0v) is 15.5. The van der Waals surface area contributed by atoms with Crippen molar-refractivity contribution in [1.82, 2.24) is 0 Å². The number of aromatic hydroxyl groups is 1. The molecule has 0 aliphatic rings. The van der Waals surface area contributed by atoms with Crippen molar-refractivity contribution in [1.29, 1.82) is 0 Å². The number of hydrogen-bond acceptors (Lipinski definition) is 3. The number of rotatable bonds is 3. The summed E-state index contributed by atoms with van der Waals surface area (Å²) in [5.74, 6) is 0.0640. The average Bonchev–Trinajstić information content (AvgIpc) is 2.57. The number of phenolic OH excluding ortho intramolecular Hbond substituents is 1. The summed E-state index contributed by atoms with van der Waals surface area (Å²) in [6, 6.07) is 17.6. The first-order valence-corrected chi connectivity index (χ1v) is 9.86. The van der Waals surface area contributed by atoms with Gasteiger partial charge in [-0.2, -0.15) is 0 Å². The summed E-state index contributed by atoms with van der Waals surface area (Å²) in [4.78, 5) is 0.317. The van der Waals surface area contributed by atoms with Gasteiger partial charge in [-0.25, -0.2) is 8.42 Å². The lowest BCUT2D eigenvalue weighted by molar-refractivity contribution is 0.481. The first kappa shape index (κ1) is 17.5. The van der Waals surface area contributed by atoms with Crippen LogP contribution in [0.4, 0.5) is 0 Å². The summed E-state index contributed by atoms with van der Waals surface area (Å²) in [6.07, 6.45) is 0. The molecule has 3 aromatic carbocycles. The van der Waals surface area contributed by atoms with Gasteiger partial charge in [0.1, 0.15) is 5.75 Å². The van der Waals surface area contributed by atoms with Crippen LogP contribution in [-0.2, 0) is 21.0 Å². The van der Waals surface area contributed by atoms with E-state index in [1.807, 2.05) is 30.3 Å². The Kier molecular flexibility index (Phi) is 4.33. The normalized spacial score (nSPS) is 12.4. The topological polar surface area (TPSA) is 54.4 Å². The standard InChI is InChI=1S/C21H22O3S/c1-21(2,3)16-9-11-17(12-10-16)25(23,24)14-15-8-13-20(22)19-7-5-4-6-18(15)19/h4-13,22H,14H2,1-3H3. The molecule has 3 nitrogen and oxygen atoms in total. The molecule has 0 aliphatic carbocycles. The number of fused-ring (bicyclic) bond motifs is 1. The number of hydrogen-bond donors (Lipinski definition) is 1. The minimum absolute atomic E-state index is 0.0184. The van der Waals surface area contributed by atoms with Crippen LogP contribution in [0.5, 0.6) is 5.75 Å². The lowest BCUT2D eigenvalue weighted by Gasteiger charge is -2.19. The van der Waals surface area contributed by atoms with Gasteiger partial charge < -0.3 is 5.11 Å². The van der Waals surface area contributed by atoms with Crippen LogP contribution in [0.15, 0.2) is 65.6 Å². The summed E-state index contributed by atoms with van der Waals surface area (Å²) in [5, 5.41) is 11.4. The Morgan fingerprint density at radius 2 is 1.44 bits per heavy atom. The van der Waals surface area contributed by atoms with Gasteiger partial charge in [0.25, 0.3) is 0 Å². The van der Waals surface area contributed by atoms with E-state index in [9.17, 15) is 13.5 Å². The predicted molar refractivity (Wildman–Crippen MR) is 102 cm³/mol. The molecule has 0 unspecified atom stereocenters. The maximum Gasteiger partial charge on any atom is 0.182 e. The maximum absolute atomic E-state index is 12.8. The van der Waals surface area contributed by atoms with Crippen molar-refractivity contribution >= 4 is 20.6 Å². The molecule has 0 saturated heterocycles. The quantitative estimate of drug-likeness (QED) is 0.734. The van der Waals surface area contributed by atoms with Crippen molar-refractivity contribution < 1.29 is 13.5 Å². The Hall–Kier alpha value is -2.33. The molecule has 3 rings (SSSR count). The van der Waals surface area contributed by atoms with Crippen molar-refractivity contribution in [2.24, 2.45) is 0 Å². The van der Waals surface area contributed by atoms with E-state index < -0.39 is 9.84 Å². The van der Waals surface area contributed by atoms with Gasteiger partial charge in [-0.3, -0.25) is 0 Å². The molecular formula is C21H22O3S. The highest BCUT2D eigenvalue weighted by Gasteiger charge is 2.19. The van der Waals surface area contributed by atoms with E-state index in [0.717, 1.165) is 10.9 Å². The molecule has 0 heterocycles. The Labute approximate surface area is 148 Å². The predicted octanol–water partition coefficient (Wildman–Crippen LogP) is 4.82. The van der Waals surface area contributed by atoms with Gasteiger partial charge in [0.15, 0.2) is 9.84 Å². The van der Waals surface area contributed by atoms with E-state index in [4.69, 9.17) is 0 Å². The molecular weight excluding hydrogens is 332 g/mol. The zero-order chi connectivity index (χ0) is 18.2. The molecule has 25 heavy (non-hydrogen) atoms. The van der Waals surface area contributed by atoms with E-state index in [1.54, 1.807) is 30.3 Å². The van der Waals surface area contributed by atoms with E-state index in [0.29, 0.717) is 15.8 Å². The lowest BCUT2D eigenvalue weighted by Crippen LogP contribution is -2.12. The second-order valence-electron chi connectivity index (χ2n) is 7.32. The molecule has 0 fully saturated rings. The Bertz CT molecular complexity index is 1010. The smallest absolute Gasteiger partial charge is 0.182 e. The average molecular weight is 354 g/mol. The highest BCUT2D eigenvalue weighted by atomic mass is 32.2. The zero-order valence-electron chi connectivity index (χ0n) is 14.7. The molecule has 0 radical (unpaired) electrons. The third-order valence-electron chi connectivity index (χ3n) is 4.42. The van der Waals surface area contributed by atoms with Crippen LogP contribution in [-0.4, -0.2) is 13.5 Å². The Morgan fingerprint density at radius 3 is 2.04 bits per heavy atom. The minimum atomic E-state index is -3.46. The van der Waals surface area contributed by atoms with E-state index in [2.05, 4.69) is 20.8 Å². The minimum Gasteiger partial charge on any atom is -0.507 e. The summed E-state index contributed by atoms with van der Waals surface area (Å²) >= 11 is 0. The van der Waals surface area contributed by atoms with Crippen LogP contribution >= 0.6 is 0 Å². The monoisotopic (exact) mass is 354 g/mol. The van der Waals surface area contributed by atoms with Gasteiger partial charge in [0.05, 0.1) is 10.6 Å². The van der Waals surface area contributed by atoms with Crippen LogP contribution in [0.1, 0.15) is 31.9 Å². The molecule has 3 aromatic rings. The van der Waals surface area contributed by atoms with Crippen LogP contribution in [0.25, 0.3) is 10.8 Å². The summed E-state index contributed by atoms with van der Waals surface area (Å²) < 4.78 is 25.7. The first-order chi connectivity index (χ1) is 11.7. The Balaban J connectivity index is 1.99. The highest BCUT2D eigenvalue weighted by molar-refractivity contribution is 7.90. The molecule has 0 spiro atoms. The van der Waals surface area contributed by atoms with Crippen LogP contribution in [0.3, 0.4) is 0 Å². The number of benzene rings is 3. The molecule has 0 amide bonds. The highest BCUT2D eigenvalue weighted by Crippen LogP contribution is 2.30. The van der Waals surface area contributed by atoms with Crippen molar-refractivity contribution in [3.05, 3.63) is 71.8 Å². The number of phenols is 1. The molecule has 0 saturated carbocycles. The van der Waals surface area contributed by atoms with Crippen LogP contribution in [0, 0.1) is 0 Å². The van der Waals surface area contributed by atoms with Crippen molar-refractivity contribution in [3.8, 4) is 5.75 Å². The van der Waals surface area contributed by atoms with Crippen molar-refractivity contribution in [3.63, 3.8) is 0 Å². The van der Waals surface area contributed by atoms with E-state index in [1.165, 1.54) is 0 Å². The fourth-order valence-electron chi connectivity index (χ4n) is 2.92. The lowest BCUT2D eigenvalue weighted by atomic mass is 9.87. The molecule has 0 atom stereocenters. The third kappa shape index (κ3) is 3.54. The van der Waals surface area contributed by atoms with Gasteiger partial charge >= 0.3 is 0 Å². The SMILES string of the molecule is CC(C)(C)c1ccc(S(=O)(=O)Cc2ccc(O)c3ccccc23)cc1. The molecule has 130 valence electrons. The van der Waals surface area contributed by atoms with Gasteiger partial charge in [-0.05, 0) is 40.1 Å². The van der Waals surface area contributed by atoms with Gasteiger partial charge in [0, 0.05) is 5.39 Å². The molecule has 1 N–H and O–H groups in total. The van der Waals surface area contributed by atoms with E-state index in [-0.39, 0.29) is 16.9 Å². The van der Waals surface area contributed by atoms with Gasteiger partial charge in [0.2, 0.25) is 0 Å².